The minimum Gasteiger partial charge on any atom is -0.872 e. The van der Waals surface area contributed by atoms with Gasteiger partial charge in [0.2, 0.25) is 0 Å². The van der Waals surface area contributed by atoms with Crippen LogP contribution < -0.4 is 45.1 Å². The summed E-state index contributed by atoms with van der Waals surface area (Å²) in [6.45, 7) is 0. The van der Waals surface area contributed by atoms with Crippen molar-refractivity contribution in [2.24, 2.45) is 0 Å². The first kappa shape index (κ1) is 20.3. The van der Waals surface area contributed by atoms with Gasteiger partial charge in [-0.1, -0.05) is 17.9 Å². The number of ether oxygens (including phenoxy) is 1. The zero-order chi connectivity index (χ0) is 17.2. The Morgan fingerprint density at radius 1 is 1.25 bits per heavy atom. The van der Waals surface area contributed by atoms with Crippen LogP contribution in [0, 0.1) is 0 Å². The van der Waals surface area contributed by atoms with E-state index < -0.39 is 27.1 Å². The number of nitrogen functional groups attached to an aromatic ring is 1. The number of rotatable bonds is 5. The van der Waals surface area contributed by atoms with Crippen molar-refractivity contribution in [3.05, 3.63) is 47.5 Å². The summed E-state index contributed by atoms with van der Waals surface area (Å²) >= 11 is 0. The summed E-state index contributed by atoms with van der Waals surface area (Å²) in [4.78, 5) is 10.7. The van der Waals surface area contributed by atoms with Crippen LogP contribution in [0.4, 0.5) is 5.69 Å². The minimum atomic E-state index is -3.82. The van der Waals surface area contributed by atoms with E-state index in [0.717, 1.165) is 18.2 Å². The summed E-state index contributed by atoms with van der Waals surface area (Å²) in [5, 5.41) is 20.3. The second-order valence-corrected chi connectivity index (χ2v) is 6.79. The molecule has 0 spiro atoms. The minimum absolute atomic E-state index is 0. The van der Waals surface area contributed by atoms with Gasteiger partial charge in [-0.25, -0.2) is 13.2 Å². The zero-order valence-corrected chi connectivity index (χ0v) is 16.0. The monoisotopic (exact) mass is 359 g/mol. The summed E-state index contributed by atoms with van der Waals surface area (Å²) in [5.74, 6) is -2.17. The molecule has 0 unspecified atom stereocenters. The number of carboxylic acids is 1. The van der Waals surface area contributed by atoms with E-state index in [4.69, 9.17) is 15.6 Å². The van der Waals surface area contributed by atoms with Crippen molar-refractivity contribution in [3.63, 3.8) is 0 Å². The summed E-state index contributed by atoms with van der Waals surface area (Å²) in [6, 6.07) is 7.45. The van der Waals surface area contributed by atoms with E-state index in [-0.39, 0.29) is 40.2 Å². The molecule has 0 radical (unpaired) electrons. The van der Waals surface area contributed by atoms with Gasteiger partial charge in [-0.05, 0) is 29.8 Å². The van der Waals surface area contributed by atoms with Gasteiger partial charge >= 0.3 is 35.5 Å². The van der Waals surface area contributed by atoms with E-state index in [1.54, 1.807) is 12.1 Å². The Hall–Kier alpha value is -1.74. The second kappa shape index (κ2) is 7.89. The van der Waals surface area contributed by atoms with E-state index in [1.165, 1.54) is 13.2 Å². The summed E-state index contributed by atoms with van der Waals surface area (Å²) in [5.41, 5.74) is 5.87. The van der Waals surface area contributed by atoms with Crippen LogP contribution in [0.3, 0.4) is 0 Å². The number of carbonyl (C=O) groups is 1. The van der Waals surface area contributed by atoms with Crippen molar-refractivity contribution in [2.45, 2.75) is 10.6 Å². The maximum absolute atomic E-state index is 12.4. The van der Waals surface area contributed by atoms with E-state index in [0.29, 0.717) is 17.0 Å². The Balaban J connectivity index is 0.00000288. The normalized spacial score (nSPS) is 10.7. The third-order valence-electron chi connectivity index (χ3n) is 3.19. The zero-order valence-electron chi connectivity index (χ0n) is 13.1. The van der Waals surface area contributed by atoms with Crippen LogP contribution in [0.5, 0.6) is 11.5 Å². The maximum Gasteiger partial charge on any atom is 1.00 e. The van der Waals surface area contributed by atoms with Gasteiger partial charge in [0.15, 0.2) is 9.84 Å². The fourth-order valence-electron chi connectivity index (χ4n) is 2.05. The van der Waals surface area contributed by atoms with Crippen molar-refractivity contribution < 1.29 is 57.7 Å². The van der Waals surface area contributed by atoms with Crippen molar-refractivity contribution >= 4 is 21.5 Å². The number of aromatic carboxylic acids is 1. The number of hydrogen-bond acceptors (Lipinski definition) is 6. The van der Waals surface area contributed by atoms with Gasteiger partial charge in [-0.3, -0.25) is 0 Å². The number of methoxy groups -OCH3 is 1. The molecular weight excluding hydrogens is 345 g/mol. The van der Waals surface area contributed by atoms with Crippen LogP contribution >= 0.6 is 0 Å². The molecule has 0 aliphatic heterocycles. The third-order valence-corrected chi connectivity index (χ3v) is 4.88. The molecular formula is C15H14NNaO6S. The van der Waals surface area contributed by atoms with E-state index in [9.17, 15) is 18.3 Å². The van der Waals surface area contributed by atoms with Crippen LogP contribution in [0.25, 0.3) is 0 Å². The summed E-state index contributed by atoms with van der Waals surface area (Å²) in [6.07, 6.45) is 0. The van der Waals surface area contributed by atoms with E-state index in [1.807, 2.05) is 0 Å². The molecule has 0 aliphatic rings. The fourth-order valence-corrected chi connectivity index (χ4v) is 3.40. The number of carboxylic acid groups (broad SMARTS) is 1. The molecule has 0 saturated carbocycles. The number of sulfone groups is 1. The van der Waals surface area contributed by atoms with E-state index >= 15 is 0 Å². The maximum atomic E-state index is 12.4. The molecule has 24 heavy (non-hydrogen) atoms. The predicted octanol–water partition coefficient (Wildman–Crippen LogP) is -1.97. The van der Waals surface area contributed by atoms with Gasteiger partial charge in [0.25, 0.3) is 0 Å². The smallest absolute Gasteiger partial charge is 0.872 e. The van der Waals surface area contributed by atoms with Crippen molar-refractivity contribution in [2.75, 3.05) is 12.8 Å². The molecule has 122 valence electrons. The largest absolute Gasteiger partial charge is 1.00 e. The molecule has 0 amide bonds. The van der Waals surface area contributed by atoms with Crippen molar-refractivity contribution in [1.82, 2.24) is 0 Å². The number of nitrogens with two attached hydrogens (primary N) is 1. The number of benzene rings is 2. The van der Waals surface area contributed by atoms with Gasteiger partial charge < -0.3 is 20.7 Å². The molecule has 2 aromatic rings. The molecule has 2 aromatic carbocycles. The molecule has 0 aliphatic carbocycles. The summed E-state index contributed by atoms with van der Waals surface area (Å²) < 4.78 is 29.8. The van der Waals surface area contributed by atoms with E-state index in [2.05, 4.69) is 0 Å². The average Bonchev–Trinajstić information content (AvgIpc) is 2.47. The molecule has 0 saturated heterocycles. The molecule has 7 nitrogen and oxygen atoms in total. The molecule has 0 aromatic heterocycles. The Morgan fingerprint density at radius 3 is 2.46 bits per heavy atom. The average molecular weight is 359 g/mol. The number of anilines is 1. The van der Waals surface area contributed by atoms with Crippen molar-refractivity contribution in [1.29, 1.82) is 0 Å². The molecule has 0 heterocycles. The van der Waals surface area contributed by atoms with Gasteiger partial charge in [-0.2, -0.15) is 0 Å². The molecule has 2 rings (SSSR count). The van der Waals surface area contributed by atoms with Crippen LogP contribution in [0.15, 0.2) is 41.3 Å². The standard InChI is InChI=1S/C15H15NO6S.Na/c1-22-14-5-2-9(6-12(14)16)8-23(20,21)10-3-4-13(17)11(7-10)15(18)19;/h2-7,17H,8,16H2,1H3,(H,18,19);/q;+1/p-1. The van der Waals surface area contributed by atoms with Gasteiger partial charge in [-0.15, -0.1) is 0 Å². The molecule has 0 atom stereocenters. The van der Waals surface area contributed by atoms with Crippen LogP contribution in [0.2, 0.25) is 0 Å². The molecule has 9 heteroatoms. The van der Waals surface area contributed by atoms with Crippen molar-refractivity contribution in [3.8, 4) is 11.5 Å². The molecule has 0 bridgehead atoms. The number of hydrogen-bond donors (Lipinski definition) is 2. The first-order valence-electron chi connectivity index (χ1n) is 6.44. The quantitative estimate of drug-likeness (QED) is 0.468. The molecule has 0 fully saturated rings. The van der Waals surface area contributed by atoms with Crippen LogP contribution in [-0.2, 0) is 15.6 Å². The van der Waals surface area contributed by atoms with Gasteiger partial charge in [0.05, 0.1) is 29.0 Å². The SMILES string of the molecule is COc1ccc(CS(=O)(=O)c2ccc([O-])c(C(=O)O)c2)cc1N.[Na+]. The second-order valence-electron chi connectivity index (χ2n) is 4.80. The Bertz CT molecular complexity index is 866. The topological polar surface area (TPSA) is 130 Å². The van der Waals surface area contributed by atoms with Crippen LogP contribution in [-0.4, -0.2) is 26.6 Å². The fraction of sp³-hybridized carbons (Fsp3) is 0.133. The van der Waals surface area contributed by atoms with Crippen LogP contribution in [0.1, 0.15) is 15.9 Å². The summed E-state index contributed by atoms with van der Waals surface area (Å²) in [7, 11) is -2.38. The van der Waals surface area contributed by atoms with Gasteiger partial charge in [0, 0.05) is 0 Å². The Morgan fingerprint density at radius 2 is 1.92 bits per heavy atom. The third kappa shape index (κ3) is 4.41. The Kier molecular flexibility index (Phi) is 6.67. The van der Waals surface area contributed by atoms with Gasteiger partial charge in [0.1, 0.15) is 5.75 Å². The predicted molar refractivity (Wildman–Crippen MR) is 81.1 cm³/mol. The first-order chi connectivity index (χ1) is 10.7. The first-order valence-corrected chi connectivity index (χ1v) is 8.09. The Labute approximate surface area is 161 Å². The molecule has 3 N–H and O–H groups in total.